The zero-order valence-electron chi connectivity index (χ0n) is 16.6. The molecule has 30 heavy (non-hydrogen) atoms. The van der Waals surface area contributed by atoms with Crippen molar-refractivity contribution in [2.24, 2.45) is 10.3 Å². The zero-order valence-corrected chi connectivity index (χ0v) is 18.2. The van der Waals surface area contributed by atoms with E-state index in [4.69, 9.17) is 0 Å². The van der Waals surface area contributed by atoms with Crippen LogP contribution in [0.25, 0.3) is 0 Å². The average Bonchev–Trinajstić information content (AvgIpc) is 2.72. The van der Waals surface area contributed by atoms with Gasteiger partial charge in [-0.3, -0.25) is 8.57 Å². The van der Waals surface area contributed by atoms with E-state index in [0.717, 1.165) is 0 Å². The Bertz CT molecular complexity index is 993. The van der Waals surface area contributed by atoms with Crippen LogP contribution >= 0.6 is 0 Å². The summed E-state index contributed by atoms with van der Waals surface area (Å²) in [5.41, 5.74) is -0.800. The zero-order chi connectivity index (χ0) is 22.6. The Morgan fingerprint density at radius 3 is 1.50 bits per heavy atom. The number of nitriles is 2. The topological polar surface area (TPSA) is 159 Å². The van der Waals surface area contributed by atoms with Crippen molar-refractivity contribution in [3.8, 4) is 12.1 Å². The predicted octanol–water partition coefficient (Wildman–Crippen LogP) is 2.43. The maximum Gasteiger partial charge on any atom is 0.328 e. The fourth-order valence-corrected chi connectivity index (χ4v) is 3.87. The highest BCUT2D eigenvalue weighted by Gasteiger charge is 2.18. The second-order valence-corrected chi connectivity index (χ2v) is 9.37. The van der Waals surface area contributed by atoms with Crippen LogP contribution in [0.5, 0.6) is 0 Å². The quantitative estimate of drug-likeness (QED) is 0.344. The van der Waals surface area contributed by atoms with E-state index in [0.29, 0.717) is 25.7 Å². The summed E-state index contributed by atoms with van der Waals surface area (Å²) in [7, 11) is -7.94. The molecule has 1 rings (SSSR count). The van der Waals surface area contributed by atoms with Gasteiger partial charge in [-0.2, -0.15) is 27.4 Å². The van der Waals surface area contributed by atoms with Gasteiger partial charge in [-0.25, -0.2) is 0 Å². The number of nitrogens with zero attached hydrogens (tertiary/aromatic N) is 4. The second kappa shape index (κ2) is 11.9. The first-order valence-corrected chi connectivity index (χ1v) is 12.2. The molecule has 0 fully saturated rings. The Balaban J connectivity index is 3.26. The van der Waals surface area contributed by atoms with Crippen LogP contribution in [-0.2, 0) is 28.8 Å². The highest BCUT2D eigenvalue weighted by Crippen LogP contribution is 2.14. The SMILES string of the molecule is CCCCS(=O)(=O)ON=C(C#N)c1ccccc1C(C#N)=NOS(=O)(=O)CCCC. The van der Waals surface area contributed by atoms with E-state index in [-0.39, 0.29) is 22.6 Å². The first kappa shape index (κ1) is 25.1. The molecule has 0 atom stereocenters. The third-order valence-electron chi connectivity index (χ3n) is 3.63. The Labute approximate surface area is 176 Å². The number of unbranched alkanes of at least 4 members (excludes halogenated alkanes) is 2. The second-order valence-electron chi connectivity index (χ2n) is 6.03. The number of benzene rings is 1. The highest BCUT2D eigenvalue weighted by atomic mass is 32.2. The van der Waals surface area contributed by atoms with Crippen LogP contribution in [0.4, 0.5) is 0 Å². The molecule has 0 unspecified atom stereocenters. The van der Waals surface area contributed by atoms with Crippen molar-refractivity contribution in [2.45, 2.75) is 39.5 Å². The molecule has 0 saturated heterocycles. The van der Waals surface area contributed by atoms with Gasteiger partial charge < -0.3 is 0 Å². The van der Waals surface area contributed by atoms with E-state index in [1.165, 1.54) is 24.3 Å². The van der Waals surface area contributed by atoms with Crippen molar-refractivity contribution in [1.29, 1.82) is 10.5 Å². The van der Waals surface area contributed by atoms with Crippen LogP contribution in [-0.4, -0.2) is 39.8 Å². The molecule has 1 aromatic carbocycles. The van der Waals surface area contributed by atoms with E-state index < -0.39 is 31.7 Å². The first-order chi connectivity index (χ1) is 14.2. The molecule has 0 radical (unpaired) electrons. The van der Waals surface area contributed by atoms with Gasteiger partial charge in [-0.1, -0.05) is 61.3 Å². The molecular formula is C18H22N4O6S2. The summed E-state index contributed by atoms with van der Waals surface area (Å²) in [6.07, 6.45) is 1.99. The summed E-state index contributed by atoms with van der Waals surface area (Å²) < 4.78 is 56.4. The summed E-state index contributed by atoms with van der Waals surface area (Å²) >= 11 is 0. The minimum atomic E-state index is -3.97. The molecule has 0 aliphatic carbocycles. The van der Waals surface area contributed by atoms with Crippen molar-refractivity contribution >= 4 is 31.7 Å². The van der Waals surface area contributed by atoms with Gasteiger partial charge in [0.2, 0.25) is 0 Å². The lowest BCUT2D eigenvalue weighted by Gasteiger charge is -2.06. The summed E-state index contributed by atoms with van der Waals surface area (Å²) in [5.74, 6) is -0.524. The lowest BCUT2D eigenvalue weighted by Crippen LogP contribution is -2.13. The minimum Gasteiger partial charge on any atom is -0.267 e. The monoisotopic (exact) mass is 454 g/mol. The fourth-order valence-electron chi connectivity index (χ4n) is 2.06. The Hall–Kier alpha value is -2.96. The van der Waals surface area contributed by atoms with E-state index in [9.17, 15) is 27.4 Å². The molecule has 162 valence electrons. The summed E-state index contributed by atoms with van der Waals surface area (Å²) in [4.78, 5) is 0. The van der Waals surface area contributed by atoms with Crippen LogP contribution in [0.3, 0.4) is 0 Å². The van der Waals surface area contributed by atoms with E-state index in [1.807, 2.05) is 13.8 Å². The summed E-state index contributed by atoms with van der Waals surface area (Å²) in [6.45, 7) is 3.62. The minimum absolute atomic E-state index is 0.0283. The number of oxime groups is 2. The molecule has 0 aliphatic heterocycles. The van der Waals surface area contributed by atoms with E-state index in [1.54, 1.807) is 12.1 Å². The predicted molar refractivity (Wildman–Crippen MR) is 110 cm³/mol. The molecule has 1 aromatic rings. The Morgan fingerprint density at radius 2 is 1.20 bits per heavy atom. The van der Waals surface area contributed by atoms with Crippen LogP contribution in [0.2, 0.25) is 0 Å². The standard InChI is InChI=1S/C18H22N4O6S2/c1-3-5-11-29(23,24)27-21-17(13-19)15-9-7-8-10-16(15)18(14-20)22-28-30(25,26)12-6-4-2/h7-10H,3-6,11-12H2,1-2H3. The Morgan fingerprint density at radius 1 is 0.833 bits per heavy atom. The van der Waals surface area contributed by atoms with Crippen molar-refractivity contribution in [3.63, 3.8) is 0 Å². The van der Waals surface area contributed by atoms with Crippen LogP contribution < -0.4 is 0 Å². The molecule has 0 amide bonds. The Kier molecular flexibility index (Phi) is 9.95. The smallest absolute Gasteiger partial charge is 0.267 e. The molecule has 0 spiro atoms. The molecule has 10 nitrogen and oxygen atoms in total. The maximum absolute atomic E-state index is 11.8. The average molecular weight is 455 g/mol. The first-order valence-electron chi connectivity index (χ1n) is 9.08. The van der Waals surface area contributed by atoms with Crippen molar-refractivity contribution in [3.05, 3.63) is 35.4 Å². The number of rotatable bonds is 12. The third-order valence-corrected chi connectivity index (χ3v) is 5.81. The van der Waals surface area contributed by atoms with Gasteiger partial charge in [0.05, 0.1) is 11.5 Å². The van der Waals surface area contributed by atoms with Crippen LogP contribution in [0, 0.1) is 22.7 Å². The van der Waals surface area contributed by atoms with Gasteiger partial charge in [-0.15, -0.1) is 0 Å². The van der Waals surface area contributed by atoms with Gasteiger partial charge in [0, 0.05) is 11.1 Å². The van der Waals surface area contributed by atoms with E-state index >= 15 is 0 Å². The van der Waals surface area contributed by atoms with Gasteiger partial charge >= 0.3 is 20.2 Å². The van der Waals surface area contributed by atoms with Crippen molar-refractivity contribution in [2.75, 3.05) is 11.5 Å². The summed E-state index contributed by atoms with van der Waals surface area (Å²) in [6, 6.07) is 9.22. The molecule has 0 bridgehead atoms. The lowest BCUT2D eigenvalue weighted by atomic mass is 10.0. The van der Waals surface area contributed by atoms with Crippen molar-refractivity contribution < 1.29 is 25.4 Å². The van der Waals surface area contributed by atoms with Gasteiger partial charge in [-0.05, 0) is 12.8 Å². The molecule has 0 saturated carbocycles. The highest BCUT2D eigenvalue weighted by molar-refractivity contribution is 7.86. The number of hydrogen-bond acceptors (Lipinski definition) is 10. The molecule has 0 heterocycles. The molecule has 12 heteroatoms. The van der Waals surface area contributed by atoms with Gasteiger partial charge in [0.1, 0.15) is 12.1 Å². The van der Waals surface area contributed by atoms with E-state index in [2.05, 4.69) is 18.9 Å². The lowest BCUT2D eigenvalue weighted by molar-refractivity contribution is 0.337. The van der Waals surface area contributed by atoms with Gasteiger partial charge in [0.25, 0.3) is 0 Å². The number of hydrogen-bond donors (Lipinski definition) is 0. The molecule has 0 aromatic heterocycles. The largest absolute Gasteiger partial charge is 0.328 e. The third kappa shape index (κ3) is 8.19. The molecule has 0 aliphatic rings. The normalized spacial score (nSPS) is 12.7. The van der Waals surface area contributed by atoms with Crippen LogP contribution in [0.15, 0.2) is 34.6 Å². The summed E-state index contributed by atoms with van der Waals surface area (Å²) in [5, 5.41) is 25.6. The maximum atomic E-state index is 11.8. The van der Waals surface area contributed by atoms with Crippen molar-refractivity contribution in [1.82, 2.24) is 0 Å². The van der Waals surface area contributed by atoms with Gasteiger partial charge in [0.15, 0.2) is 11.4 Å². The molecular weight excluding hydrogens is 432 g/mol. The molecule has 0 N–H and O–H groups in total. The van der Waals surface area contributed by atoms with Crippen LogP contribution in [0.1, 0.15) is 50.7 Å². The fraction of sp³-hybridized carbons (Fsp3) is 0.444.